The summed E-state index contributed by atoms with van der Waals surface area (Å²) in [4.78, 5) is 21.2. The lowest BCUT2D eigenvalue weighted by molar-refractivity contribution is -0.384. The van der Waals surface area contributed by atoms with Crippen molar-refractivity contribution in [1.29, 1.82) is 0 Å². The summed E-state index contributed by atoms with van der Waals surface area (Å²) in [5.74, 6) is -0.0791. The first-order valence-corrected chi connectivity index (χ1v) is 11.7. The second-order valence-electron chi connectivity index (χ2n) is 8.66. The summed E-state index contributed by atoms with van der Waals surface area (Å²) < 4.78 is 0. The van der Waals surface area contributed by atoms with E-state index < -0.39 is 4.92 Å². The quantitative estimate of drug-likeness (QED) is 0.197. The number of hydrogen-bond donors (Lipinski definition) is 2. The van der Waals surface area contributed by atoms with Gasteiger partial charge in [-0.15, -0.1) is 0 Å². The van der Waals surface area contributed by atoms with Gasteiger partial charge in [-0.25, -0.2) is 4.99 Å². The normalized spacial score (nSPS) is 14.8. The van der Waals surface area contributed by atoms with Gasteiger partial charge in [-0.1, -0.05) is 54.6 Å². The largest absolute Gasteiger partial charge is 0.494 e. The highest BCUT2D eigenvalue weighted by Crippen LogP contribution is 2.33. The molecule has 1 aromatic heterocycles. The number of benzene rings is 3. The number of nitrogens with one attached hydrogen (secondary N) is 1. The van der Waals surface area contributed by atoms with E-state index in [-0.39, 0.29) is 11.6 Å². The third kappa shape index (κ3) is 5.00. The molecule has 0 saturated carbocycles. The number of aromatic nitrogens is 1. The Hall–Kier alpha value is -4.23. The topological polar surface area (TPSA) is 94.8 Å². The summed E-state index contributed by atoms with van der Waals surface area (Å²) in [6, 6.07) is 21.9. The summed E-state index contributed by atoms with van der Waals surface area (Å²) in [5, 5.41) is 22.7. The number of aromatic amines is 1. The van der Waals surface area contributed by atoms with E-state index in [1.807, 2.05) is 54.6 Å². The van der Waals surface area contributed by atoms with Gasteiger partial charge < -0.3 is 10.1 Å². The first-order chi connectivity index (χ1) is 17.1. The van der Waals surface area contributed by atoms with Gasteiger partial charge in [0.1, 0.15) is 0 Å². The van der Waals surface area contributed by atoms with Crippen molar-refractivity contribution >= 4 is 34.1 Å². The van der Waals surface area contributed by atoms with E-state index in [1.165, 1.54) is 38.1 Å². The Labute approximate surface area is 203 Å². The average molecular weight is 467 g/mol. The molecule has 176 valence electrons. The van der Waals surface area contributed by atoms with E-state index in [0.29, 0.717) is 22.2 Å². The van der Waals surface area contributed by atoms with Crippen LogP contribution in [0.4, 0.5) is 11.4 Å². The second-order valence-corrected chi connectivity index (χ2v) is 8.66. The summed E-state index contributed by atoms with van der Waals surface area (Å²) in [7, 11) is 0. The van der Waals surface area contributed by atoms with E-state index in [2.05, 4.69) is 22.0 Å². The molecule has 3 aromatic carbocycles. The molecule has 0 atom stereocenters. The Morgan fingerprint density at radius 1 is 1.06 bits per heavy atom. The smallest absolute Gasteiger partial charge is 0.270 e. The predicted molar refractivity (Wildman–Crippen MR) is 140 cm³/mol. The number of likely N-dealkylation sites (tertiary alicyclic amines) is 1. The van der Waals surface area contributed by atoms with Crippen LogP contribution in [0.1, 0.15) is 29.5 Å². The van der Waals surface area contributed by atoms with Gasteiger partial charge in [0.15, 0.2) is 5.88 Å². The minimum Gasteiger partial charge on any atom is -0.494 e. The molecular formula is C28H26N4O3. The molecule has 0 radical (unpaired) electrons. The van der Waals surface area contributed by atoms with Crippen LogP contribution >= 0.6 is 0 Å². The van der Waals surface area contributed by atoms with E-state index >= 15 is 0 Å². The number of fused-ring (bicyclic) bond motifs is 1. The number of nitro benzene ring substituents is 1. The van der Waals surface area contributed by atoms with Crippen LogP contribution in [-0.4, -0.2) is 45.3 Å². The third-order valence-electron chi connectivity index (χ3n) is 6.26. The maximum absolute atomic E-state index is 11.4. The summed E-state index contributed by atoms with van der Waals surface area (Å²) in [6.45, 7) is 3.30. The van der Waals surface area contributed by atoms with Gasteiger partial charge in [-0.05, 0) is 49.7 Å². The summed E-state index contributed by atoms with van der Waals surface area (Å²) >= 11 is 0. The van der Waals surface area contributed by atoms with Crippen molar-refractivity contribution in [2.75, 3.05) is 19.6 Å². The minimum absolute atomic E-state index is 0.0461. The maximum Gasteiger partial charge on any atom is 0.270 e. The van der Waals surface area contributed by atoms with Crippen molar-refractivity contribution in [2.45, 2.75) is 12.8 Å². The minimum atomic E-state index is -0.442. The molecule has 0 aliphatic carbocycles. The lowest BCUT2D eigenvalue weighted by atomic mass is 10.0. The lowest BCUT2D eigenvalue weighted by Gasteiger charge is -2.10. The van der Waals surface area contributed by atoms with Crippen LogP contribution in [0.5, 0.6) is 5.88 Å². The standard InChI is InChI=1S/C28H26N4O3/c33-28-26(24-19-23(32(34)35)14-15-25(24)30-28)27(21-8-2-1-3-9-21)29-22-12-10-20(11-13-22)7-6-18-31-16-4-5-17-31/h1-3,6-15,19,30,33H,4-5,16-18H2/b7-6+,29-27?. The molecule has 7 nitrogen and oxygen atoms in total. The highest BCUT2D eigenvalue weighted by atomic mass is 16.6. The van der Waals surface area contributed by atoms with E-state index in [4.69, 9.17) is 4.99 Å². The SMILES string of the molecule is O=[N+]([O-])c1ccc2[nH]c(O)c(C(=Nc3ccc(/C=C/CN4CCCC4)cc3)c3ccccc3)c2c1. The van der Waals surface area contributed by atoms with Crippen LogP contribution in [-0.2, 0) is 0 Å². The highest BCUT2D eigenvalue weighted by molar-refractivity contribution is 6.22. The molecule has 5 rings (SSSR count). The second kappa shape index (κ2) is 9.95. The molecule has 1 aliphatic heterocycles. The number of aliphatic imine (C=N–C) groups is 1. The molecule has 1 saturated heterocycles. The molecular weight excluding hydrogens is 440 g/mol. The Kier molecular flexibility index (Phi) is 6.41. The van der Waals surface area contributed by atoms with Crippen molar-refractivity contribution < 1.29 is 10.0 Å². The number of H-pyrrole nitrogens is 1. The van der Waals surface area contributed by atoms with Crippen LogP contribution in [0.2, 0.25) is 0 Å². The first kappa shape index (κ1) is 22.6. The Morgan fingerprint density at radius 3 is 2.51 bits per heavy atom. The molecule has 1 fully saturated rings. The fourth-order valence-corrected chi connectivity index (χ4v) is 4.47. The molecule has 0 spiro atoms. The monoisotopic (exact) mass is 466 g/mol. The zero-order valence-electron chi connectivity index (χ0n) is 19.2. The zero-order valence-corrected chi connectivity index (χ0v) is 19.2. The number of aromatic hydroxyl groups is 1. The highest BCUT2D eigenvalue weighted by Gasteiger charge is 2.20. The van der Waals surface area contributed by atoms with Crippen molar-refractivity contribution in [3.8, 4) is 5.88 Å². The molecule has 7 heteroatoms. The first-order valence-electron chi connectivity index (χ1n) is 11.7. The zero-order chi connectivity index (χ0) is 24.2. The van der Waals surface area contributed by atoms with E-state index in [1.54, 1.807) is 6.07 Å². The molecule has 2 N–H and O–H groups in total. The third-order valence-corrected chi connectivity index (χ3v) is 6.26. The van der Waals surface area contributed by atoms with Crippen molar-refractivity contribution in [1.82, 2.24) is 9.88 Å². The molecule has 1 aliphatic rings. The maximum atomic E-state index is 11.4. The van der Waals surface area contributed by atoms with Gasteiger partial charge in [-0.2, -0.15) is 0 Å². The van der Waals surface area contributed by atoms with Crippen molar-refractivity contribution in [3.05, 3.63) is 106 Å². The molecule has 4 aromatic rings. The van der Waals surface area contributed by atoms with Gasteiger partial charge in [0.25, 0.3) is 5.69 Å². The van der Waals surface area contributed by atoms with E-state index in [0.717, 1.165) is 23.4 Å². The van der Waals surface area contributed by atoms with Crippen LogP contribution in [0, 0.1) is 10.1 Å². The predicted octanol–water partition coefficient (Wildman–Crippen LogP) is 6.06. The lowest BCUT2D eigenvalue weighted by Crippen LogP contribution is -2.18. The summed E-state index contributed by atoms with van der Waals surface area (Å²) in [5.41, 5.74) is 4.14. The van der Waals surface area contributed by atoms with Gasteiger partial charge >= 0.3 is 0 Å². The molecule has 35 heavy (non-hydrogen) atoms. The van der Waals surface area contributed by atoms with Gasteiger partial charge in [0.2, 0.25) is 0 Å². The molecule has 0 amide bonds. The van der Waals surface area contributed by atoms with Crippen LogP contribution in [0.3, 0.4) is 0 Å². The number of non-ortho nitro benzene ring substituents is 1. The number of rotatable bonds is 7. The molecule has 0 unspecified atom stereocenters. The van der Waals surface area contributed by atoms with E-state index in [9.17, 15) is 15.2 Å². The number of nitrogens with zero attached hydrogens (tertiary/aromatic N) is 3. The average Bonchev–Trinajstić information content (AvgIpc) is 3.50. The fourth-order valence-electron chi connectivity index (χ4n) is 4.47. The van der Waals surface area contributed by atoms with Gasteiger partial charge in [0.05, 0.1) is 21.9 Å². The van der Waals surface area contributed by atoms with Crippen molar-refractivity contribution in [2.24, 2.45) is 4.99 Å². The molecule has 2 heterocycles. The number of hydrogen-bond acceptors (Lipinski definition) is 5. The Morgan fingerprint density at radius 2 is 1.80 bits per heavy atom. The van der Waals surface area contributed by atoms with Crippen LogP contribution in [0.15, 0.2) is 83.9 Å². The summed E-state index contributed by atoms with van der Waals surface area (Å²) in [6.07, 6.45) is 6.87. The Bertz CT molecular complexity index is 1400. The Balaban J connectivity index is 1.52. The van der Waals surface area contributed by atoms with Gasteiger partial charge in [-0.3, -0.25) is 15.0 Å². The fraction of sp³-hybridized carbons (Fsp3) is 0.179. The van der Waals surface area contributed by atoms with Gasteiger partial charge in [0, 0.05) is 35.1 Å². The number of nitro groups is 1. The van der Waals surface area contributed by atoms with Crippen LogP contribution in [0.25, 0.3) is 17.0 Å². The van der Waals surface area contributed by atoms with Crippen molar-refractivity contribution in [3.63, 3.8) is 0 Å². The van der Waals surface area contributed by atoms with Crippen LogP contribution < -0.4 is 0 Å². The molecule has 0 bridgehead atoms.